The van der Waals surface area contributed by atoms with Crippen molar-refractivity contribution in [3.05, 3.63) is 74.0 Å². The van der Waals surface area contributed by atoms with Crippen LogP contribution < -0.4 is 15.6 Å². The average molecular weight is 581 g/mol. The summed E-state index contributed by atoms with van der Waals surface area (Å²) in [4.78, 5) is 28.3. The van der Waals surface area contributed by atoms with Gasteiger partial charge in [-0.05, 0) is 43.5 Å². The molecule has 12 heteroatoms. The third-order valence-electron chi connectivity index (χ3n) is 7.22. The van der Waals surface area contributed by atoms with E-state index in [9.17, 15) is 23.5 Å². The highest BCUT2D eigenvalue weighted by molar-refractivity contribution is 6.31. The number of hydrogen-bond acceptors (Lipinski definition) is 6. The Bertz CT molecular complexity index is 1440. The van der Waals surface area contributed by atoms with Gasteiger partial charge < -0.3 is 14.4 Å². The van der Waals surface area contributed by atoms with Crippen LogP contribution in [0.1, 0.15) is 35.7 Å². The van der Waals surface area contributed by atoms with Crippen LogP contribution in [0.5, 0.6) is 5.75 Å². The molecule has 2 N–H and O–H groups in total. The molecule has 5 rings (SSSR count). The van der Waals surface area contributed by atoms with Gasteiger partial charge in [-0.15, -0.1) is 0 Å². The van der Waals surface area contributed by atoms with Crippen LogP contribution in [-0.2, 0) is 0 Å². The van der Waals surface area contributed by atoms with Crippen LogP contribution in [0, 0.1) is 11.6 Å². The first-order chi connectivity index (χ1) is 18.7. The third-order valence-corrected chi connectivity index (χ3v) is 7.82. The van der Waals surface area contributed by atoms with Crippen molar-refractivity contribution in [2.75, 3.05) is 39.3 Å². The molecule has 0 bridgehead atoms. The summed E-state index contributed by atoms with van der Waals surface area (Å²) in [5.74, 6) is -1.58. The van der Waals surface area contributed by atoms with Crippen molar-refractivity contribution in [3.8, 4) is 5.75 Å². The summed E-state index contributed by atoms with van der Waals surface area (Å²) in [6.45, 7) is 2.37. The molecule has 1 saturated carbocycles. The number of β-amino-alcohol motifs (C(OH)–C–C–N with tert-alkyl or cyclic N) is 1. The van der Waals surface area contributed by atoms with E-state index in [0.29, 0.717) is 38.2 Å². The van der Waals surface area contributed by atoms with Crippen molar-refractivity contribution >= 4 is 40.0 Å². The molecule has 39 heavy (non-hydrogen) atoms. The van der Waals surface area contributed by atoms with Gasteiger partial charge in [0.1, 0.15) is 35.7 Å². The van der Waals surface area contributed by atoms with Crippen LogP contribution in [0.15, 0.2) is 41.3 Å². The molecule has 0 radical (unpaired) electrons. The summed E-state index contributed by atoms with van der Waals surface area (Å²) in [5, 5.41) is 12.1. The molecule has 1 amide bonds. The van der Waals surface area contributed by atoms with Crippen LogP contribution in [0.3, 0.4) is 0 Å². The number of carbonyl (C=O) groups is 1. The number of piperazine rings is 1. The van der Waals surface area contributed by atoms with E-state index in [1.165, 1.54) is 24.3 Å². The Morgan fingerprint density at radius 2 is 1.79 bits per heavy atom. The van der Waals surface area contributed by atoms with E-state index in [1.54, 1.807) is 11.2 Å². The monoisotopic (exact) mass is 580 g/mol. The Morgan fingerprint density at radius 1 is 1.08 bits per heavy atom. The fraction of sp³-hybridized carbons (Fsp3) is 0.407. The predicted molar refractivity (Wildman–Crippen MR) is 144 cm³/mol. The molecule has 1 saturated heterocycles. The van der Waals surface area contributed by atoms with Gasteiger partial charge >= 0.3 is 0 Å². The summed E-state index contributed by atoms with van der Waals surface area (Å²) in [5.41, 5.74) is 2.72. The minimum absolute atomic E-state index is 0.00341. The van der Waals surface area contributed by atoms with Crippen LogP contribution >= 0.6 is 23.2 Å². The van der Waals surface area contributed by atoms with Crippen molar-refractivity contribution in [1.82, 2.24) is 19.9 Å². The Labute approximate surface area is 233 Å². The van der Waals surface area contributed by atoms with Crippen molar-refractivity contribution < 1.29 is 23.4 Å². The molecule has 0 spiro atoms. The van der Waals surface area contributed by atoms with E-state index in [4.69, 9.17) is 27.9 Å². The molecule has 1 aliphatic heterocycles. The van der Waals surface area contributed by atoms with Crippen molar-refractivity contribution in [3.63, 3.8) is 0 Å². The van der Waals surface area contributed by atoms with Crippen LogP contribution in [0.25, 0.3) is 10.9 Å². The highest BCUT2D eigenvalue weighted by Gasteiger charge is 2.26. The van der Waals surface area contributed by atoms with E-state index in [-0.39, 0.29) is 39.4 Å². The van der Waals surface area contributed by atoms with Gasteiger partial charge in [0.25, 0.3) is 5.91 Å². The number of nitrogens with zero attached hydrogens (tertiary/aromatic N) is 3. The van der Waals surface area contributed by atoms with Crippen molar-refractivity contribution in [2.24, 2.45) is 0 Å². The van der Waals surface area contributed by atoms with E-state index in [1.807, 2.05) is 9.47 Å². The van der Waals surface area contributed by atoms with E-state index >= 15 is 0 Å². The summed E-state index contributed by atoms with van der Waals surface area (Å²) >= 11 is 11.7. The molecule has 2 aromatic carbocycles. The number of nitrogens with one attached hydrogen (secondary N) is 1. The maximum absolute atomic E-state index is 14.2. The number of aliphatic hydroxyl groups is 1. The lowest BCUT2D eigenvalue weighted by Gasteiger charge is -2.35. The normalized spacial score (nSPS) is 17.7. The Kier molecular flexibility index (Phi) is 8.39. The van der Waals surface area contributed by atoms with Gasteiger partial charge in [0.05, 0.1) is 15.6 Å². The first-order valence-corrected chi connectivity index (χ1v) is 13.5. The Balaban J connectivity index is 1.18. The number of aromatic nitrogens is 1. The van der Waals surface area contributed by atoms with Crippen molar-refractivity contribution in [1.29, 1.82) is 0 Å². The number of benzene rings is 2. The SMILES string of the molecule is O=C(NN1CCN(CC(O)COc2ccc(Cl)c(F)c2)CC1)c1cn(C2CCC2)c2cc(Cl)c(F)cc2c1=O. The van der Waals surface area contributed by atoms with E-state index in [2.05, 4.69) is 5.43 Å². The summed E-state index contributed by atoms with van der Waals surface area (Å²) in [6.07, 6.45) is 3.60. The minimum atomic E-state index is -0.804. The summed E-state index contributed by atoms with van der Waals surface area (Å²) in [6, 6.07) is 6.75. The van der Waals surface area contributed by atoms with Crippen molar-refractivity contribution in [2.45, 2.75) is 31.4 Å². The van der Waals surface area contributed by atoms with Crippen LogP contribution in [-0.4, -0.2) is 70.9 Å². The van der Waals surface area contributed by atoms with Gasteiger partial charge in [0.2, 0.25) is 5.43 Å². The van der Waals surface area contributed by atoms with E-state index < -0.39 is 29.1 Å². The number of amides is 1. The molecule has 2 aliphatic rings. The molecule has 8 nitrogen and oxygen atoms in total. The molecule has 1 aliphatic carbocycles. The summed E-state index contributed by atoms with van der Waals surface area (Å²) in [7, 11) is 0. The second-order valence-corrected chi connectivity index (χ2v) is 10.7. The third kappa shape index (κ3) is 6.20. The second kappa shape index (κ2) is 11.8. The maximum atomic E-state index is 14.2. The van der Waals surface area contributed by atoms with Gasteiger partial charge in [0.15, 0.2) is 0 Å². The predicted octanol–water partition coefficient (Wildman–Crippen LogP) is 4.01. The van der Waals surface area contributed by atoms with Gasteiger partial charge in [-0.3, -0.25) is 19.9 Å². The fourth-order valence-electron chi connectivity index (χ4n) is 4.83. The molecule has 2 fully saturated rings. The number of hydrogen-bond donors (Lipinski definition) is 2. The molecule has 1 unspecified atom stereocenters. The average Bonchev–Trinajstić information content (AvgIpc) is 2.87. The highest BCUT2D eigenvalue weighted by Crippen LogP contribution is 2.34. The molecule has 1 atom stereocenters. The van der Waals surface area contributed by atoms with E-state index in [0.717, 1.165) is 25.3 Å². The lowest BCUT2D eigenvalue weighted by Crippen LogP contribution is -2.55. The molecular weight excluding hydrogens is 553 g/mol. The molecule has 2 heterocycles. The highest BCUT2D eigenvalue weighted by atomic mass is 35.5. The number of aliphatic hydroxyl groups excluding tert-OH is 1. The number of ether oxygens (including phenoxy) is 1. The molecule has 3 aromatic rings. The zero-order valence-corrected chi connectivity index (χ0v) is 22.5. The number of fused-ring (bicyclic) bond motifs is 1. The lowest BCUT2D eigenvalue weighted by molar-refractivity contribution is 0.0316. The Morgan fingerprint density at radius 3 is 2.46 bits per heavy atom. The van der Waals surface area contributed by atoms with Gasteiger partial charge in [-0.25, -0.2) is 13.8 Å². The summed E-state index contributed by atoms with van der Waals surface area (Å²) < 4.78 is 35.1. The molecular formula is C27H28Cl2F2N4O4. The van der Waals surface area contributed by atoms with Crippen LogP contribution in [0.2, 0.25) is 10.0 Å². The smallest absolute Gasteiger partial charge is 0.271 e. The quantitative estimate of drug-likeness (QED) is 0.418. The number of pyridine rings is 1. The molecule has 1 aromatic heterocycles. The number of carbonyl (C=O) groups excluding carboxylic acids is 1. The Hall–Kier alpha value is -2.76. The lowest BCUT2D eigenvalue weighted by atomic mass is 9.92. The number of hydrazine groups is 1. The number of halogens is 4. The maximum Gasteiger partial charge on any atom is 0.271 e. The standard InChI is InChI=1S/C27H28Cl2F2N4O4/c28-21-5-4-18(10-23(21)30)39-15-17(36)13-33-6-8-34(9-7-33)32-27(38)20-14-35(16-2-1-3-16)25-12-22(29)24(31)11-19(25)26(20)37/h4-5,10-12,14,16-17,36H,1-3,6-9,13,15H2,(H,32,38). The first-order valence-electron chi connectivity index (χ1n) is 12.8. The van der Waals surface area contributed by atoms with Crippen LogP contribution in [0.4, 0.5) is 8.78 Å². The molecule has 208 valence electrons. The second-order valence-electron chi connectivity index (χ2n) is 9.92. The minimum Gasteiger partial charge on any atom is -0.491 e. The topological polar surface area (TPSA) is 87.0 Å². The number of rotatable bonds is 8. The first kappa shape index (κ1) is 27.8. The van der Waals surface area contributed by atoms with Gasteiger partial charge in [-0.2, -0.15) is 0 Å². The zero-order valence-electron chi connectivity index (χ0n) is 21.0. The fourth-order valence-corrected chi connectivity index (χ4v) is 5.10. The largest absolute Gasteiger partial charge is 0.491 e. The van der Waals surface area contributed by atoms with Gasteiger partial charge in [-0.1, -0.05) is 23.2 Å². The zero-order chi connectivity index (χ0) is 27.7. The van der Waals surface area contributed by atoms with Gasteiger partial charge in [0, 0.05) is 56.4 Å².